The van der Waals surface area contributed by atoms with Crippen LogP contribution in [0.1, 0.15) is 245 Å². The number of hydrogen-bond donors (Lipinski definition) is 3. The fraction of sp³-hybridized carbons (Fsp3) is 0.724. The predicted octanol–water partition coefficient (Wildman–Crippen LogP) is 16.3. The van der Waals surface area contributed by atoms with Crippen molar-refractivity contribution in [2.24, 2.45) is 0 Å². The van der Waals surface area contributed by atoms with Crippen molar-refractivity contribution in [3.05, 3.63) is 85.1 Å². The van der Waals surface area contributed by atoms with Crippen molar-refractivity contribution in [2.75, 3.05) is 6.61 Å². The predicted molar refractivity (Wildman–Crippen MR) is 278 cm³/mol. The van der Waals surface area contributed by atoms with E-state index in [1.807, 2.05) is 0 Å². The molecule has 0 fully saturated rings. The molecule has 0 saturated heterocycles. The van der Waals surface area contributed by atoms with Gasteiger partial charge in [0.1, 0.15) is 6.10 Å². The lowest BCUT2D eigenvalue weighted by molar-refractivity contribution is -0.151. The van der Waals surface area contributed by atoms with Gasteiger partial charge in [-0.2, -0.15) is 0 Å². The van der Waals surface area contributed by atoms with Crippen LogP contribution >= 0.6 is 0 Å². The molecular formula is C58H101NO5. The average Bonchev–Trinajstić information content (AvgIpc) is 3.29. The third kappa shape index (κ3) is 45.6. The number of esters is 1. The van der Waals surface area contributed by atoms with Crippen molar-refractivity contribution in [2.45, 2.75) is 264 Å². The molecule has 64 heavy (non-hydrogen) atoms. The number of ether oxygens (including phenoxy) is 1. The molecule has 1 amide bonds. The zero-order chi connectivity index (χ0) is 46.7. The molecule has 3 N–H and O–H groups in total. The minimum atomic E-state index is -0.810. The highest BCUT2D eigenvalue weighted by Crippen LogP contribution is 2.17. The standard InChI is InChI=1S/C58H101NO5/c1-4-7-10-13-16-19-22-25-28-29-30-33-36-39-42-45-48-51-58(63)64-54(49-46-43-40-37-34-31-26-23-20-17-14-11-8-5-2)52-57(62)59-55(53-60)56(61)50-47-44-41-38-35-32-27-24-21-18-15-12-9-6-3/h8,11,16-17,19-20,25-26,28,30-31,33,37,40,54-56,60-61H,4-7,9-10,12-15,18,21-24,27,29,32,34-36,38-39,41-53H2,1-3H3,(H,59,62)/b11-8+,19-16-,20-17+,28-25-,31-26+,33-30-,40-37+. The summed E-state index contributed by atoms with van der Waals surface area (Å²) in [7, 11) is 0. The topological polar surface area (TPSA) is 95.9 Å². The summed E-state index contributed by atoms with van der Waals surface area (Å²) in [5.74, 6) is -0.556. The number of amides is 1. The summed E-state index contributed by atoms with van der Waals surface area (Å²) < 4.78 is 5.90. The number of rotatable bonds is 47. The normalized spacial score (nSPS) is 13.9. The van der Waals surface area contributed by atoms with Gasteiger partial charge in [-0.3, -0.25) is 9.59 Å². The molecule has 368 valence electrons. The molecule has 0 aliphatic heterocycles. The molecule has 0 radical (unpaired) electrons. The van der Waals surface area contributed by atoms with Crippen molar-refractivity contribution >= 4 is 11.9 Å². The lowest BCUT2D eigenvalue weighted by Gasteiger charge is -2.24. The van der Waals surface area contributed by atoms with Gasteiger partial charge in [-0.15, -0.1) is 0 Å². The van der Waals surface area contributed by atoms with Crippen molar-refractivity contribution < 1.29 is 24.5 Å². The molecule has 3 unspecified atom stereocenters. The van der Waals surface area contributed by atoms with E-state index in [4.69, 9.17) is 4.74 Å². The van der Waals surface area contributed by atoms with Gasteiger partial charge in [0, 0.05) is 6.42 Å². The second-order valence-electron chi connectivity index (χ2n) is 17.9. The first-order valence-electron chi connectivity index (χ1n) is 26.8. The Morgan fingerprint density at radius 1 is 0.469 bits per heavy atom. The van der Waals surface area contributed by atoms with Gasteiger partial charge < -0.3 is 20.3 Å². The van der Waals surface area contributed by atoms with E-state index >= 15 is 0 Å². The van der Waals surface area contributed by atoms with E-state index in [1.165, 1.54) is 96.3 Å². The molecule has 0 heterocycles. The second-order valence-corrected chi connectivity index (χ2v) is 17.9. The number of unbranched alkanes of at least 4 members (excludes halogenated alkanes) is 21. The number of nitrogens with one attached hydrogen (secondary N) is 1. The number of aliphatic hydroxyl groups excluding tert-OH is 2. The zero-order valence-corrected chi connectivity index (χ0v) is 41.9. The molecule has 0 bridgehead atoms. The van der Waals surface area contributed by atoms with E-state index in [1.54, 1.807) is 0 Å². The Bertz CT molecular complexity index is 1230. The van der Waals surface area contributed by atoms with Gasteiger partial charge in [-0.05, 0) is 96.3 Å². The van der Waals surface area contributed by atoms with Crippen LogP contribution < -0.4 is 5.32 Å². The van der Waals surface area contributed by atoms with Crippen LogP contribution in [0.4, 0.5) is 0 Å². The van der Waals surface area contributed by atoms with Gasteiger partial charge >= 0.3 is 5.97 Å². The zero-order valence-electron chi connectivity index (χ0n) is 41.9. The molecular weight excluding hydrogens is 791 g/mol. The van der Waals surface area contributed by atoms with Crippen LogP contribution in [0.25, 0.3) is 0 Å². The molecule has 6 heteroatoms. The Labute approximate surface area is 395 Å². The van der Waals surface area contributed by atoms with Crippen LogP contribution in [-0.4, -0.2) is 46.9 Å². The largest absolute Gasteiger partial charge is 0.462 e. The lowest BCUT2D eigenvalue weighted by Crippen LogP contribution is -2.46. The van der Waals surface area contributed by atoms with Gasteiger partial charge in [0.25, 0.3) is 0 Å². The molecule has 6 nitrogen and oxygen atoms in total. The molecule has 0 aromatic heterocycles. The van der Waals surface area contributed by atoms with E-state index in [0.717, 1.165) is 103 Å². The number of aliphatic hydroxyl groups is 2. The number of hydrogen-bond acceptors (Lipinski definition) is 5. The summed E-state index contributed by atoms with van der Waals surface area (Å²) in [6.45, 7) is 6.32. The van der Waals surface area contributed by atoms with E-state index in [9.17, 15) is 19.8 Å². The number of allylic oxidation sites excluding steroid dienone is 14. The molecule has 3 atom stereocenters. The van der Waals surface area contributed by atoms with Crippen molar-refractivity contribution in [3.63, 3.8) is 0 Å². The van der Waals surface area contributed by atoms with E-state index in [0.29, 0.717) is 19.3 Å². The Hall–Kier alpha value is -2.96. The maximum absolute atomic E-state index is 13.2. The Kier molecular flexibility index (Phi) is 48.7. The van der Waals surface area contributed by atoms with Crippen LogP contribution in [0.3, 0.4) is 0 Å². The van der Waals surface area contributed by atoms with Gasteiger partial charge in [0.15, 0.2) is 0 Å². The second kappa shape index (κ2) is 51.0. The fourth-order valence-electron chi connectivity index (χ4n) is 7.67. The Morgan fingerprint density at radius 2 is 0.859 bits per heavy atom. The summed E-state index contributed by atoms with van der Waals surface area (Å²) in [6, 6.07) is -0.728. The van der Waals surface area contributed by atoms with Crippen molar-refractivity contribution in [1.29, 1.82) is 0 Å². The highest BCUT2D eigenvalue weighted by atomic mass is 16.5. The summed E-state index contributed by atoms with van der Waals surface area (Å²) >= 11 is 0. The number of carbonyl (C=O) groups excluding carboxylic acids is 2. The maximum Gasteiger partial charge on any atom is 0.306 e. The molecule has 0 rings (SSSR count). The first-order valence-corrected chi connectivity index (χ1v) is 26.8. The first kappa shape index (κ1) is 61.0. The fourth-order valence-corrected chi connectivity index (χ4v) is 7.67. The quantitative estimate of drug-likeness (QED) is 0.0321. The number of carbonyl (C=O) groups is 2. The third-order valence-electron chi connectivity index (χ3n) is 11.7. The van der Waals surface area contributed by atoms with Gasteiger partial charge in [0.05, 0.1) is 25.2 Å². The molecule has 0 aromatic rings. The smallest absolute Gasteiger partial charge is 0.306 e. The van der Waals surface area contributed by atoms with Gasteiger partial charge in [-0.1, -0.05) is 221 Å². The van der Waals surface area contributed by atoms with Crippen LogP contribution in [0.2, 0.25) is 0 Å². The third-order valence-corrected chi connectivity index (χ3v) is 11.7. The van der Waals surface area contributed by atoms with E-state index < -0.39 is 18.2 Å². The van der Waals surface area contributed by atoms with Gasteiger partial charge in [-0.25, -0.2) is 0 Å². The van der Waals surface area contributed by atoms with Crippen LogP contribution in [0, 0.1) is 0 Å². The van der Waals surface area contributed by atoms with Crippen molar-refractivity contribution in [3.8, 4) is 0 Å². The maximum atomic E-state index is 13.2. The Balaban J connectivity index is 4.69. The molecule has 0 aliphatic rings. The van der Waals surface area contributed by atoms with Crippen LogP contribution in [-0.2, 0) is 14.3 Å². The highest BCUT2D eigenvalue weighted by Gasteiger charge is 2.24. The minimum absolute atomic E-state index is 0.0271. The lowest BCUT2D eigenvalue weighted by atomic mass is 10.0. The molecule has 0 aromatic carbocycles. The average molecular weight is 892 g/mol. The Morgan fingerprint density at radius 3 is 1.34 bits per heavy atom. The van der Waals surface area contributed by atoms with E-state index in [-0.39, 0.29) is 24.9 Å². The minimum Gasteiger partial charge on any atom is -0.462 e. The SMILES string of the molecule is CC/C=C/C/C=C/C/C=C/C/C=C/CCCC(CC(=O)NC(CO)C(O)CCCCCCCCCCCCCCCC)OC(=O)CCCCCC/C=C\C/C=C\C/C=C\CCCCC. The van der Waals surface area contributed by atoms with Crippen molar-refractivity contribution in [1.82, 2.24) is 5.32 Å². The first-order chi connectivity index (χ1) is 31.5. The molecule has 0 aliphatic carbocycles. The van der Waals surface area contributed by atoms with E-state index in [2.05, 4.69) is 111 Å². The van der Waals surface area contributed by atoms with Crippen LogP contribution in [0.5, 0.6) is 0 Å². The highest BCUT2D eigenvalue weighted by molar-refractivity contribution is 5.77. The molecule has 0 saturated carbocycles. The summed E-state index contributed by atoms with van der Waals surface area (Å²) in [6.07, 6.45) is 66.4. The van der Waals surface area contributed by atoms with Gasteiger partial charge in [0.2, 0.25) is 5.91 Å². The molecule has 0 spiro atoms. The summed E-state index contributed by atoms with van der Waals surface area (Å²) in [4.78, 5) is 26.2. The summed E-state index contributed by atoms with van der Waals surface area (Å²) in [5, 5.41) is 23.8. The summed E-state index contributed by atoms with van der Waals surface area (Å²) in [5.41, 5.74) is 0. The monoisotopic (exact) mass is 892 g/mol. The van der Waals surface area contributed by atoms with Crippen LogP contribution in [0.15, 0.2) is 85.1 Å².